The molecule has 4 fully saturated rings. The molecule has 0 aromatic carbocycles. The molecule has 0 radical (unpaired) electrons. The first-order chi connectivity index (χ1) is 7.89. The molecule has 4 rings (SSSR count). The third kappa shape index (κ3) is 1.37. The molecule has 16 heavy (non-hydrogen) atoms. The Hall–Kier alpha value is 0.660. The molecule has 0 amide bonds. The van der Waals surface area contributed by atoms with Crippen LogP contribution in [0, 0.1) is 17.8 Å². The van der Waals surface area contributed by atoms with Gasteiger partial charge in [-0.2, -0.15) is 0 Å². The average Bonchev–Trinajstić information content (AvgIpc) is 2.86. The van der Waals surface area contributed by atoms with Gasteiger partial charge in [-0.15, -0.1) is 23.5 Å². The van der Waals surface area contributed by atoms with Crippen molar-refractivity contribution in [3.63, 3.8) is 0 Å². The first kappa shape index (κ1) is 10.6. The molecule has 2 aliphatic carbocycles. The fourth-order valence-electron chi connectivity index (χ4n) is 4.52. The van der Waals surface area contributed by atoms with Crippen molar-refractivity contribution < 1.29 is 4.74 Å². The number of ether oxygens (including phenoxy) is 1. The molecule has 1 spiro atoms. The van der Waals surface area contributed by atoms with E-state index in [0.29, 0.717) is 10.2 Å². The van der Waals surface area contributed by atoms with Crippen molar-refractivity contribution in [2.45, 2.75) is 42.3 Å². The summed E-state index contributed by atoms with van der Waals surface area (Å²) in [4.78, 5) is 0. The Morgan fingerprint density at radius 1 is 1.06 bits per heavy atom. The van der Waals surface area contributed by atoms with Crippen LogP contribution < -0.4 is 0 Å². The molecule has 0 bridgehead atoms. The van der Waals surface area contributed by atoms with Crippen LogP contribution in [-0.4, -0.2) is 28.3 Å². The van der Waals surface area contributed by atoms with Crippen molar-refractivity contribution in [3.8, 4) is 0 Å². The highest BCUT2D eigenvalue weighted by molar-refractivity contribution is 8.18. The number of rotatable bonds is 0. The number of hydrogen-bond acceptors (Lipinski definition) is 3. The quantitative estimate of drug-likeness (QED) is 0.657. The molecule has 0 unspecified atom stereocenters. The van der Waals surface area contributed by atoms with Gasteiger partial charge in [0.15, 0.2) is 0 Å². The minimum atomic E-state index is 0.621. The van der Waals surface area contributed by atoms with Gasteiger partial charge in [0.1, 0.15) is 0 Å². The molecular weight excluding hydrogens is 236 g/mol. The van der Waals surface area contributed by atoms with Gasteiger partial charge in [0, 0.05) is 0 Å². The van der Waals surface area contributed by atoms with Crippen LogP contribution in [0.25, 0.3) is 0 Å². The normalized spacial score (nSPS) is 49.5. The predicted molar refractivity (Wildman–Crippen MR) is 70.9 cm³/mol. The van der Waals surface area contributed by atoms with Crippen LogP contribution in [-0.2, 0) is 4.74 Å². The SMILES string of the molecule is C1CSC2(C[C@@H]3CO[C@@H]4CCC[C@H]2[C@H]34)SC1. The standard InChI is InChI=1S/C13H20OS2/c1-3-10-12-9(8-14-11(12)4-1)7-13(10)15-5-2-6-16-13/h9-12H,1-8H2/t9-,10+,11-,12+/m1/s1. The second-order valence-electron chi connectivity index (χ2n) is 5.81. The first-order valence-electron chi connectivity index (χ1n) is 6.79. The molecule has 2 aliphatic heterocycles. The first-order valence-corrected chi connectivity index (χ1v) is 8.76. The van der Waals surface area contributed by atoms with E-state index in [1.165, 1.54) is 43.6 Å². The van der Waals surface area contributed by atoms with Crippen LogP contribution in [0.4, 0.5) is 0 Å². The summed E-state index contributed by atoms with van der Waals surface area (Å²) >= 11 is 4.61. The predicted octanol–water partition coefficient (Wildman–Crippen LogP) is 3.39. The van der Waals surface area contributed by atoms with E-state index in [9.17, 15) is 0 Å². The van der Waals surface area contributed by atoms with Gasteiger partial charge < -0.3 is 4.74 Å². The van der Waals surface area contributed by atoms with Crippen molar-refractivity contribution in [3.05, 3.63) is 0 Å². The van der Waals surface area contributed by atoms with Crippen LogP contribution in [0.3, 0.4) is 0 Å². The average molecular weight is 256 g/mol. The van der Waals surface area contributed by atoms with E-state index >= 15 is 0 Å². The van der Waals surface area contributed by atoms with Crippen molar-refractivity contribution in [1.29, 1.82) is 0 Å². The highest BCUT2D eigenvalue weighted by atomic mass is 32.2. The van der Waals surface area contributed by atoms with Crippen LogP contribution in [0.2, 0.25) is 0 Å². The van der Waals surface area contributed by atoms with Crippen LogP contribution in [0.5, 0.6) is 0 Å². The Kier molecular flexibility index (Phi) is 2.53. The Morgan fingerprint density at radius 3 is 2.81 bits per heavy atom. The van der Waals surface area contributed by atoms with Crippen molar-refractivity contribution in [2.75, 3.05) is 18.1 Å². The summed E-state index contributed by atoms with van der Waals surface area (Å²) in [6.07, 6.45) is 7.78. The monoisotopic (exact) mass is 256 g/mol. The van der Waals surface area contributed by atoms with E-state index < -0.39 is 0 Å². The van der Waals surface area contributed by atoms with Gasteiger partial charge in [-0.05, 0) is 54.9 Å². The van der Waals surface area contributed by atoms with E-state index in [0.717, 1.165) is 24.4 Å². The maximum Gasteiger partial charge on any atom is 0.0646 e. The second-order valence-corrected chi connectivity index (χ2v) is 8.92. The molecular formula is C13H20OS2. The Labute approximate surface area is 106 Å². The summed E-state index contributed by atoms with van der Waals surface area (Å²) in [5.41, 5.74) is 0. The summed E-state index contributed by atoms with van der Waals surface area (Å²) in [6, 6.07) is 0. The van der Waals surface area contributed by atoms with Gasteiger partial charge >= 0.3 is 0 Å². The molecule has 2 heterocycles. The smallest absolute Gasteiger partial charge is 0.0646 e. The summed E-state index contributed by atoms with van der Waals surface area (Å²) in [6.45, 7) is 1.08. The van der Waals surface area contributed by atoms with Gasteiger partial charge in [0.2, 0.25) is 0 Å². The third-order valence-corrected chi connectivity index (χ3v) is 8.67. The van der Waals surface area contributed by atoms with Crippen LogP contribution in [0.1, 0.15) is 32.1 Å². The molecule has 4 aliphatic rings. The van der Waals surface area contributed by atoms with Crippen molar-refractivity contribution >= 4 is 23.5 Å². The maximum absolute atomic E-state index is 6.01. The van der Waals surface area contributed by atoms with Gasteiger partial charge in [0.05, 0.1) is 16.8 Å². The lowest BCUT2D eigenvalue weighted by atomic mass is 9.77. The summed E-state index contributed by atoms with van der Waals surface area (Å²) in [7, 11) is 0. The van der Waals surface area contributed by atoms with Crippen molar-refractivity contribution in [1.82, 2.24) is 0 Å². The number of thioether (sulfide) groups is 2. The van der Waals surface area contributed by atoms with Gasteiger partial charge in [-0.3, -0.25) is 0 Å². The highest BCUT2D eigenvalue weighted by Crippen LogP contribution is 2.65. The highest BCUT2D eigenvalue weighted by Gasteiger charge is 2.60. The van der Waals surface area contributed by atoms with Crippen molar-refractivity contribution in [2.24, 2.45) is 17.8 Å². The van der Waals surface area contributed by atoms with Gasteiger partial charge in [-0.1, -0.05) is 6.42 Å². The molecule has 0 N–H and O–H groups in total. The third-order valence-electron chi connectivity index (χ3n) is 5.06. The fraction of sp³-hybridized carbons (Fsp3) is 1.00. The van der Waals surface area contributed by atoms with E-state index in [4.69, 9.17) is 4.74 Å². The lowest BCUT2D eigenvalue weighted by molar-refractivity contribution is 0.0435. The minimum Gasteiger partial charge on any atom is -0.378 e. The zero-order chi connectivity index (χ0) is 10.6. The number of hydrogen-bond donors (Lipinski definition) is 0. The zero-order valence-electron chi connectivity index (χ0n) is 9.69. The van der Waals surface area contributed by atoms with E-state index in [2.05, 4.69) is 23.5 Å². The largest absolute Gasteiger partial charge is 0.378 e. The molecule has 2 saturated heterocycles. The maximum atomic E-state index is 6.01. The molecule has 1 nitrogen and oxygen atoms in total. The molecule has 2 saturated carbocycles. The second kappa shape index (κ2) is 3.83. The topological polar surface area (TPSA) is 9.23 Å². The van der Waals surface area contributed by atoms with E-state index in [1.807, 2.05) is 0 Å². The van der Waals surface area contributed by atoms with Gasteiger partial charge in [-0.25, -0.2) is 0 Å². The minimum absolute atomic E-state index is 0.621. The Morgan fingerprint density at radius 2 is 1.94 bits per heavy atom. The van der Waals surface area contributed by atoms with Gasteiger partial charge in [0.25, 0.3) is 0 Å². The summed E-state index contributed by atoms with van der Waals surface area (Å²) in [5.74, 6) is 5.65. The molecule has 0 aromatic heterocycles. The lowest BCUT2D eigenvalue weighted by Gasteiger charge is -2.42. The van der Waals surface area contributed by atoms with Crippen LogP contribution in [0.15, 0.2) is 0 Å². The van der Waals surface area contributed by atoms with E-state index in [1.54, 1.807) is 0 Å². The summed E-state index contributed by atoms with van der Waals surface area (Å²) < 4.78 is 6.63. The molecule has 3 heteroatoms. The van der Waals surface area contributed by atoms with E-state index in [-0.39, 0.29) is 0 Å². The van der Waals surface area contributed by atoms with Crippen LogP contribution >= 0.6 is 23.5 Å². The Balaban J connectivity index is 1.66. The summed E-state index contributed by atoms with van der Waals surface area (Å²) in [5, 5.41) is 0. The fourth-order valence-corrected chi connectivity index (χ4v) is 8.44. The molecule has 4 atom stereocenters. The molecule has 0 aromatic rings. The molecule has 90 valence electrons. The number of fused-ring (bicyclic) bond motifs is 1. The Bertz CT molecular complexity index is 286. The zero-order valence-corrected chi connectivity index (χ0v) is 11.3. The lowest BCUT2D eigenvalue weighted by Crippen LogP contribution is -2.38.